The second-order valence-corrected chi connectivity index (χ2v) is 4.47. The fourth-order valence-corrected chi connectivity index (χ4v) is 2.29. The Bertz CT molecular complexity index is 467. The van der Waals surface area contributed by atoms with Gasteiger partial charge in [-0.1, -0.05) is 30.3 Å². The molecule has 0 fully saturated rings. The van der Waals surface area contributed by atoms with Crippen LogP contribution < -0.4 is 5.32 Å². The van der Waals surface area contributed by atoms with Crippen LogP contribution in [-0.2, 0) is 11.3 Å². The van der Waals surface area contributed by atoms with Gasteiger partial charge in [0, 0.05) is 6.54 Å². The van der Waals surface area contributed by atoms with Gasteiger partial charge in [0.05, 0.1) is 0 Å². The van der Waals surface area contributed by atoms with E-state index >= 15 is 0 Å². The molecule has 2 aromatic rings. The molecule has 0 aliphatic carbocycles. The van der Waals surface area contributed by atoms with Crippen molar-refractivity contribution >= 4 is 17.3 Å². The molecule has 1 aromatic heterocycles. The van der Waals surface area contributed by atoms with Gasteiger partial charge in [0.1, 0.15) is 6.04 Å². The van der Waals surface area contributed by atoms with Gasteiger partial charge in [0.15, 0.2) is 0 Å². The Labute approximate surface area is 104 Å². The predicted molar refractivity (Wildman–Crippen MR) is 68.0 cm³/mol. The molecule has 0 aliphatic heterocycles. The van der Waals surface area contributed by atoms with Gasteiger partial charge in [-0.2, -0.15) is 11.3 Å². The lowest BCUT2D eigenvalue weighted by molar-refractivity contribution is -0.139. The van der Waals surface area contributed by atoms with Gasteiger partial charge in [-0.3, -0.25) is 10.1 Å². The van der Waals surface area contributed by atoms with Crippen LogP contribution in [0, 0.1) is 0 Å². The van der Waals surface area contributed by atoms with Crippen LogP contribution in [0.25, 0.3) is 0 Å². The van der Waals surface area contributed by atoms with Crippen LogP contribution in [0.4, 0.5) is 0 Å². The first kappa shape index (κ1) is 11.8. The van der Waals surface area contributed by atoms with Crippen molar-refractivity contribution in [2.45, 2.75) is 12.6 Å². The zero-order chi connectivity index (χ0) is 12.1. The van der Waals surface area contributed by atoms with Gasteiger partial charge >= 0.3 is 5.97 Å². The van der Waals surface area contributed by atoms with Crippen molar-refractivity contribution in [1.82, 2.24) is 5.32 Å². The average molecular weight is 247 g/mol. The number of nitrogens with one attached hydrogen (secondary N) is 1. The summed E-state index contributed by atoms with van der Waals surface area (Å²) >= 11 is 1.50. The van der Waals surface area contributed by atoms with Crippen LogP contribution in [0.15, 0.2) is 47.2 Å². The summed E-state index contributed by atoms with van der Waals surface area (Å²) in [5.74, 6) is -0.848. The van der Waals surface area contributed by atoms with E-state index in [0.717, 1.165) is 11.1 Å². The van der Waals surface area contributed by atoms with Gasteiger partial charge in [-0.15, -0.1) is 0 Å². The van der Waals surface area contributed by atoms with Crippen molar-refractivity contribution in [2.24, 2.45) is 0 Å². The summed E-state index contributed by atoms with van der Waals surface area (Å²) in [6.45, 7) is 0.549. The Morgan fingerprint density at radius 3 is 2.65 bits per heavy atom. The third-order valence-corrected chi connectivity index (χ3v) is 3.18. The molecule has 3 nitrogen and oxygen atoms in total. The van der Waals surface area contributed by atoms with Crippen molar-refractivity contribution in [2.75, 3.05) is 0 Å². The van der Waals surface area contributed by atoms with E-state index < -0.39 is 12.0 Å². The maximum Gasteiger partial charge on any atom is 0.325 e. The van der Waals surface area contributed by atoms with E-state index in [0.29, 0.717) is 6.54 Å². The molecule has 0 radical (unpaired) electrons. The minimum atomic E-state index is -0.848. The first-order valence-corrected chi connectivity index (χ1v) is 6.24. The summed E-state index contributed by atoms with van der Waals surface area (Å²) in [6, 6.07) is 11.0. The van der Waals surface area contributed by atoms with Crippen molar-refractivity contribution in [3.05, 3.63) is 58.3 Å². The average Bonchev–Trinajstić information content (AvgIpc) is 2.84. The molecule has 2 rings (SSSR count). The van der Waals surface area contributed by atoms with E-state index in [1.54, 1.807) is 0 Å². The smallest absolute Gasteiger partial charge is 0.325 e. The number of rotatable bonds is 5. The van der Waals surface area contributed by atoms with Crippen molar-refractivity contribution in [3.63, 3.8) is 0 Å². The summed E-state index contributed by atoms with van der Waals surface area (Å²) in [5.41, 5.74) is 1.88. The van der Waals surface area contributed by atoms with E-state index in [-0.39, 0.29) is 0 Å². The highest BCUT2D eigenvalue weighted by Gasteiger charge is 2.19. The fraction of sp³-hybridized carbons (Fsp3) is 0.154. The Hall–Kier alpha value is -1.65. The van der Waals surface area contributed by atoms with Gasteiger partial charge in [0.25, 0.3) is 0 Å². The number of carboxylic acid groups (broad SMARTS) is 1. The Kier molecular flexibility index (Phi) is 3.90. The molecule has 1 atom stereocenters. The molecule has 88 valence electrons. The quantitative estimate of drug-likeness (QED) is 0.854. The minimum absolute atomic E-state index is 0.549. The first-order chi connectivity index (χ1) is 8.27. The van der Waals surface area contributed by atoms with Crippen LogP contribution in [-0.4, -0.2) is 11.1 Å². The SMILES string of the molecule is O=C(O)C(NCc1ccccc1)c1ccsc1. The van der Waals surface area contributed by atoms with E-state index in [4.69, 9.17) is 5.11 Å². The third-order valence-electron chi connectivity index (χ3n) is 2.48. The molecule has 0 amide bonds. The second-order valence-electron chi connectivity index (χ2n) is 3.69. The lowest BCUT2D eigenvalue weighted by Gasteiger charge is -2.13. The summed E-state index contributed by atoms with van der Waals surface area (Å²) in [7, 11) is 0. The summed E-state index contributed by atoms with van der Waals surface area (Å²) in [6.07, 6.45) is 0. The van der Waals surface area contributed by atoms with Gasteiger partial charge in [-0.25, -0.2) is 0 Å². The number of carboxylic acids is 1. The van der Waals surface area contributed by atoms with E-state index in [9.17, 15) is 4.79 Å². The predicted octanol–water partition coefficient (Wildman–Crippen LogP) is 2.66. The van der Waals surface area contributed by atoms with Gasteiger partial charge < -0.3 is 5.11 Å². The van der Waals surface area contributed by atoms with Gasteiger partial charge in [0.2, 0.25) is 0 Å². The molecule has 0 spiro atoms. The van der Waals surface area contributed by atoms with Crippen LogP contribution in [0.3, 0.4) is 0 Å². The van der Waals surface area contributed by atoms with Crippen molar-refractivity contribution in [1.29, 1.82) is 0 Å². The molecular weight excluding hydrogens is 234 g/mol. The number of aliphatic carboxylic acids is 1. The molecule has 1 aromatic carbocycles. The minimum Gasteiger partial charge on any atom is -0.480 e. The lowest BCUT2D eigenvalue weighted by Crippen LogP contribution is -2.27. The summed E-state index contributed by atoms with van der Waals surface area (Å²) < 4.78 is 0. The first-order valence-electron chi connectivity index (χ1n) is 5.29. The lowest BCUT2D eigenvalue weighted by atomic mass is 10.1. The number of thiophene rings is 1. The number of hydrogen-bond donors (Lipinski definition) is 2. The zero-order valence-electron chi connectivity index (χ0n) is 9.17. The van der Waals surface area contributed by atoms with E-state index in [1.807, 2.05) is 47.2 Å². The molecular formula is C13H13NO2S. The van der Waals surface area contributed by atoms with Gasteiger partial charge in [-0.05, 0) is 28.0 Å². The largest absolute Gasteiger partial charge is 0.480 e. The van der Waals surface area contributed by atoms with Crippen LogP contribution >= 0.6 is 11.3 Å². The highest BCUT2D eigenvalue weighted by Crippen LogP contribution is 2.17. The number of hydrogen-bond acceptors (Lipinski definition) is 3. The Morgan fingerprint density at radius 1 is 1.29 bits per heavy atom. The monoisotopic (exact) mass is 247 g/mol. The number of benzene rings is 1. The Morgan fingerprint density at radius 2 is 2.06 bits per heavy atom. The topological polar surface area (TPSA) is 49.3 Å². The van der Waals surface area contributed by atoms with Crippen molar-refractivity contribution in [3.8, 4) is 0 Å². The maximum atomic E-state index is 11.2. The van der Waals surface area contributed by atoms with E-state index in [1.165, 1.54) is 11.3 Å². The molecule has 0 aliphatic rings. The summed E-state index contributed by atoms with van der Waals surface area (Å²) in [5, 5.41) is 16.0. The highest BCUT2D eigenvalue weighted by molar-refractivity contribution is 7.08. The maximum absolute atomic E-state index is 11.2. The summed E-state index contributed by atoms with van der Waals surface area (Å²) in [4.78, 5) is 11.2. The van der Waals surface area contributed by atoms with E-state index in [2.05, 4.69) is 5.32 Å². The Balaban J connectivity index is 2.03. The third kappa shape index (κ3) is 3.15. The molecule has 17 heavy (non-hydrogen) atoms. The molecule has 2 N–H and O–H groups in total. The van der Waals surface area contributed by atoms with Crippen LogP contribution in [0.2, 0.25) is 0 Å². The zero-order valence-corrected chi connectivity index (χ0v) is 9.98. The molecule has 1 unspecified atom stereocenters. The standard InChI is InChI=1S/C13H13NO2S/c15-13(16)12(11-6-7-17-9-11)14-8-10-4-2-1-3-5-10/h1-7,9,12,14H,8H2,(H,15,16). The molecule has 1 heterocycles. The molecule has 4 heteroatoms. The normalized spacial score (nSPS) is 12.2. The number of carbonyl (C=O) groups is 1. The highest BCUT2D eigenvalue weighted by atomic mass is 32.1. The molecule has 0 saturated heterocycles. The van der Waals surface area contributed by atoms with Crippen LogP contribution in [0.5, 0.6) is 0 Å². The second kappa shape index (κ2) is 5.61. The van der Waals surface area contributed by atoms with Crippen LogP contribution in [0.1, 0.15) is 17.2 Å². The molecule has 0 bridgehead atoms. The fourth-order valence-electron chi connectivity index (χ4n) is 1.60. The van der Waals surface area contributed by atoms with Crippen molar-refractivity contribution < 1.29 is 9.90 Å². The molecule has 0 saturated carbocycles.